The smallest absolute Gasteiger partial charge is 0.417 e. The Kier molecular flexibility index (Phi) is 6.65. The van der Waals surface area contributed by atoms with Crippen LogP contribution in [0.5, 0.6) is 5.75 Å². The lowest BCUT2D eigenvalue weighted by Gasteiger charge is -2.35. The van der Waals surface area contributed by atoms with E-state index in [1.165, 1.54) is 0 Å². The van der Waals surface area contributed by atoms with Gasteiger partial charge < -0.3 is 14.5 Å². The van der Waals surface area contributed by atoms with Crippen LogP contribution >= 0.6 is 34.8 Å². The number of pyridine rings is 1. The fourth-order valence-electron chi connectivity index (χ4n) is 2.83. The molecule has 1 fully saturated rings. The minimum atomic E-state index is -4.51. The number of alkyl halides is 3. The number of carbonyl (C=O) groups is 1. The van der Waals surface area contributed by atoms with Crippen LogP contribution in [0.3, 0.4) is 0 Å². The molecule has 0 radical (unpaired) electrons. The Labute approximate surface area is 179 Å². The molecule has 3 rings (SSSR count). The predicted octanol–water partition coefficient (Wildman–Crippen LogP) is 4.79. The molecule has 0 saturated carbocycles. The van der Waals surface area contributed by atoms with Gasteiger partial charge in [0.2, 0.25) is 0 Å². The van der Waals surface area contributed by atoms with Crippen LogP contribution < -0.4 is 9.64 Å². The molecule has 1 amide bonds. The van der Waals surface area contributed by atoms with E-state index in [1.54, 1.807) is 28.0 Å². The number of ether oxygens (including phenoxy) is 1. The van der Waals surface area contributed by atoms with Crippen molar-refractivity contribution in [1.29, 1.82) is 0 Å². The average Bonchev–Trinajstić information content (AvgIpc) is 2.67. The fourth-order valence-corrected chi connectivity index (χ4v) is 3.62. The monoisotopic (exact) mass is 467 g/mol. The molecule has 1 aromatic carbocycles. The number of anilines is 1. The highest BCUT2D eigenvalue weighted by molar-refractivity contribution is 6.37. The third kappa shape index (κ3) is 5.18. The van der Waals surface area contributed by atoms with E-state index in [0.717, 1.165) is 12.3 Å². The zero-order valence-electron chi connectivity index (χ0n) is 14.8. The molecule has 1 aromatic heterocycles. The molecule has 0 bridgehead atoms. The van der Waals surface area contributed by atoms with Gasteiger partial charge in [-0.3, -0.25) is 4.79 Å². The van der Waals surface area contributed by atoms with Crippen molar-refractivity contribution < 1.29 is 22.7 Å². The number of hydrogen-bond acceptors (Lipinski definition) is 4. The van der Waals surface area contributed by atoms with E-state index in [-0.39, 0.29) is 29.1 Å². The number of halogens is 6. The third-order valence-corrected chi connectivity index (χ3v) is 5.21. The van der Waals surface area contributed by atoms with Crippen LogP contribution in [0.1, 0.15) is 5.56 Å². The molecular weight excluding hydrogens is 454 g/mol. The number of carbonyl (C=O) groups excluding carboxylic acids is 1. The SMILES string of the molecule is O=C(COc1c(Cl)cccc1Cl)N1CCN(c2ncc(C(F)(F)F)cc2Cl)CC1. The third-order valence-electron chi connectivity index (χ3n) is 4.34. The van der Waals surface area contributed by atoms with Crippen molar-refractivity contribution in [1.82, 2.24) is 9.88 Å². The van der Waals surface area contributed by atoms with E-state index in [9.17, 15) is 18.0 Å². The molecule has 1 aliphatic rings. The molecule has 156 valence electrons. The van der Waals surface area contributed by atoms with Crippen LogP contribution in [0.25, 0.3) is 0 Å². The van der Waals surface area contributed by atoms with Gasteiger partial charge in [-0.1, -0.05) is 40.9 Å². The van der Waals surface area contributed by atoms with Crippen LogP contribution in [0.4, 0.5) is 19.0 Å². The quantitative estimate of drug-likeness (QED) is 0.647. The Hall–Kier alpha value is -1.90. The van der Waals surface area contributed by atoms with Gasteiger partial charge in [-0.05, 0) is 18.2 Å². The number of aromatic nitrogens is 1. The summed E-state index contributed by atoms with van der Waals surface area (Å²) in [6, 6.07) is 5.72. The Morgan fingerprint density at radius 2 is 1.69 bits per heavy atom. The highest BCUT2D eigenvalue weighted by Gasteiger charge is 2.32. The number of piperazine rings is 1. The summed E-state index contributed by atoms with van der Waals surface area (Å²) in [5.41, 5.74) is -0.907. The van der Waals surface area contributed by atoms with Crippen molar-refractivity contribution in [3.8, 4) is 5.75 Å². The van der Waals surface area contributed by atoms with Crippen LogP contribution in [0.2, 0.25) is 15.1 Å². The second-order valence-electron chi connectivity index (χ2n) is 6.23. The Morgan fingerprint density at radius 1 is 1.07 bits per heavy atom. The lowest BCUT2D eigenvalue weighted by atomic mass is 10.2. The van der Waals surface area contributed by atoms with Crippen molar-refractivity contribution in [2.24, 2.45) is 0 Å². The summed E-state index contributed by atoms with van der Waals surface area (Å²) in [7, 11) is 0. The summed E-state index contributed by atoms with van der Waals surface area (Å²) in [4.78, 5) is 19.6. The van der Waals surface area contributed by atoms with Crippen molar-refractivity contribution in [3.63, 3.8) is 0 Å². The van der Waals surface area contributed by atoms with Gasteiger partial charge in [-0.2, -0.15) is 13.2 Å². The number of nitrogens with zero attached hydrogens (tertiary/aromatic N) is 3. The molecule has 0 unspecified atom stereocenters. The van der Waals surface area contributed by atoms with E-state index in [1.807, 2.05) is 0 Å². The standard InChI is InChI=1S/C18H15Cl3F3N3O2/c19-12-2-1-3-13(20)16(12)29-10-15(28)26-4-6-27(7-5-26)17-14(21)8-11(9-25-17)18(22,23)24/h1-3,8-9H,4-7,10H2. The van der Waals surface area contributed by atoms with Gasteiger partial charge in [0.25, 0.3) is 5.91 Å². The van der Waals surface area contributed by atoms with Crippen molar-refractivity contribution in [3.05, 3.63) is 51.1 Å². The first-order chi connectivity index (χ1) is 13.7. The van der Waals surface area contributed by atoms with Crippen molar-refractivity contribution >= 4 is 46.5 Å². The Balaban J connectivity index is 1.57. The number of amides is 1. The minimum absolute atomic E-state index is 0.0868. The van der Waals surface area contributed by atoms with Crippen LogP contribution in [0, 0.1) is 0 Å². The van der Waals surface area contributed by atoms with Gasteiger partial charge >= 0.3 is 6.18 Å². The summed E-state index contributed by atoms with van der Waals surface area (Å²) in [6.07, 6.45) is -3.76. The first-order valence-corrected chi connectivity index (χ1v) is 9.62. The zero-order chi connectivity index (χ0) is 21.2. The minimum Gasteiger partial charge on any atom is -0.481 e. The Bertz CT molecular complexity index is 883. The highest BCUT2D eigenvalue weighted by Crippen LogP contribution is 2.34. The molecule has 0 atom stereocenters. The molecule has 11 heteroatoms. The normalized spacial score (nSPS) is 14.8. The van der Waals surface area contributed by atoms with Crippen molar-refractivity contribution in [2.45, 2.75) is 6.18 Å². The van der Waals surface area contributed by atoms with Gasteiger partial charge in [-0.15, -0.1) is 0 Å². The molecular formula is C18H15Cl3F3N3O2. The summed E-state index contributed by atoms with van der Waals surface area (Å²) in [6.45, 7) is 1.20. The number of para-hydroxylation sites is 1. The number of rotatable bonds is 4. The fraction of sp³-hybridized carbons (Fsp3) is 0.333. The summed E-state index contributed by atoms with van der Waals surface area (Å²) >= 11 is 18.0. The molecule has 1 saturated heterocycles. The molecule has 2 aromatic rings. The van der Waals surface area contributed by atoms with Gasteiger partial charge in [-0.25, -0.2) is 4.98 Å². The summed E-state index contributed by atoms with van der Waals surface area (Å²) in [5.74, 6) is 0.238. The summed E-state index contributed by atoms with van der Waals surface area (Å²) in [5, 5.41) is 0.521. The van der Waals surface area contributed by atoms with E-state index in [2.05, 4.69) is 4.98 Å². The maximum atomic E-state index is 12.7. The predicted molar refractivity (Wildman–Crippen MR) is 105 cm³/mol. The maximum absolute atomic E-state index is 12.7. The Morgan fingerprint density at radius 3 is 2.24 bits per heavy atom. The molecule has 0 spiro atoms. The lowest BCUT2D eigenvalue weighted by Crippen LogP contribution is -2.50. The van der Waals surface area contributed by atoms with Gasteiger partial charge in [0.1, 0.15) is 5.82 Å². The van der Waals surface area contributed by atoms with E-state index < -0.39 is 11.7 Å². The molecule has 1 aliphatic heterocycles. The molecule has 0 aliphatic carbocycles. The second kappa shape index (κ2) is 8.85. The lowest BCUT2D eigenvalue weighted by molar-refractivity contribution is -0.138. The molecule has 5 nitrogen and oxygen atoms in total. The molecule has 2 heterocycles. The number of benzene rings is 1. The molecule has 0 N–H and O–H groups in total. The first-order valence-electron chi connectivity index (χ1n) is 8.49. The topological polar surface area (TPSA) is 45.7 Å². The maximum Gasteiger partial charge on any atom is 0.417 e. The van der Waals surface area contributed by atoms with Gasteiger partial charge in [0, 0.05) is 32.4 Å². The van der Waals surface area contributed by atoms with Crippen LogP contribution in [-0.4, -0.2) is 48.6 Å². The van der Waals surface area contributed by atoms with Gasteiger partial charge in [0.15, 0.2) is 12.4 Å². The van der Waals surface area contributed by atoms with E-state index in [0.29, 0.717) is 36.2 Å². The average molecular weight is 469 g/mol. The molecule has 29 heavy (non-hydrogen) atoms. The zero-order valence-corrected chi connectivity index (χ0v) is 17.1. The van der Waals surface area contributed by atoms with Crippen molar-refractivity contribution in [2.75, 3.05) is 37.7 Å². The van der Waals surface area contributed by atoms with Crippen LogP contribution in [0.15, 0.2) is 30.5 Å². The largest absolute Gasteiger partial charge is 0.481 e. The van der Waals surface area contributed by atoms with E-state index >= 15 is 0 Å². The van der Waals surface area contributed by atoms with Gasteiger partial charge in [0.05, 0.1) is 20.6 Å². The second-order valence-corrected chi connectivity index (χ2v) is 7.46. The van der Waals surface area contributed by atoms with Crippen LogP contribution in [-0.2, 0) is 11.0 Å². The first kappa shape index (κ1) is 21.8. The highest BCUT2D eigenvalue weighted by atomic mass is 35.5. The summed E-state index contributed by atoms with van der Waals surface area (Å²) < 4.78 is 43.7. The number of hydrogen-bond donors (Lipinski definition) is 0. The van der Waals surface area contributed by atoms with E-state index in [4.69, 9.17) is 39.5 Å².